The first-order valence-corrected chi connectivity index (χ1v) is 5.71. The zero-order valence-corrected chi connectivity index (χ0v) is 10.7. The normalized spacial score (nSPS) is 10.4. The molecule has 0 atom stereocenters. The molecule has 2 rings (SSSR count). The first kappa shape index (κ1) is 14.6. The van der Waals surface area contributed by atoms with Crippen molar-refractivity contribution < 1.29 is 22.9 Å². The smallest absolute Gasteiger partial charge is 0.307 e. The number of nitro groups is 1. The Morgan fingerprint density at radius 1 is 1.43 bits per heavy atom. The van der Waals surface area contributed by atoms with Crippen molar-refractivity contribution in [3.05, 3.63) is 57.3 Å². The van der Waals surface area contributed by atoms with Crippen LogP contribution in [0.15, 0.2) is 22.7 Å². The van der Waals surface area contributed by atoms with Gasteiger partial charge < -0.3 is 9.73 Å². The summed E-state index contributed by atoms with van der Waals surface area (Å²) in [5.74, 6) is -2.68. The Bertz CT molecular complexity index is 715. The number of amides is 1. The summed E-state index contributed by atoms with van der Waals surface area (Å²) in [5.41, 5.74) is -1.67. The number of aryl methyl sites for hydroxylation is 1. The summed E-state index contributed by atoms with van der Waals surface area (Å²) in [6.45, 7) is 1.54. The first-order chi connectivity index (χ1) is 9.88. The third kappa shape index (κ3) is 3.19. The second-order valence-electron chi connectivity index (χ2n) is 4.09. The fourth-order valence-electron chi connectivity index (χ4n) is 1.58. The van der Waals surface area contributed by atoms with Crippen molar-refractivity contribution in [2.75, 3.05) is 0 Å². The average molecular weight is 297 g/mol. The van der Waals surface area contributed by atoms with Gasteiger partial charge in [0.1, 0.15) is 11.6 Å². The minimum absolute atomic E-state index is 0.120. The molecule has 0 fully saturated rings. The maximum atomic E-state index is 13.6. The van der Waals surface area contributed by atoms with E-state index in [0.717, 1.165) is 0 Å². The topological polar surface area (TPSA) is 98.3 Å². The number of aromatic nitrogens is 1. The van der Waals surface area contributed by atoms with Crippen molar-refractivity contribution in [1.82, 2.24) is 10.3 Å². The number of nitrogens with one attached hydrogen (secondary N) is 1. The molecule has 1 N–H and O–H groups in total. The van der Waals surface area contributed by atoms with Gasteiger partial charge >= 0.3 is 5.69 Å². The maximum Gasteiger partial charge on any atom is 0.307 e. The Hall–Kier alpha value is -2.84. The molecule has 1 aromatic heterocycles. The van der Waals surface area contributed by atoms with Gasteiger partial charge in [0.25, 0.3) is 5.91 Å². The zero-order chi connectivity index (χ0) is 15.6. The molecule has 7 nitrogen and oxygen atoms in total. The molecule has 9 heteroatoms. The number of hydrogen-bond acceptors (Lipinski definition) is 5. The highest BCUT2D eigenvalue weighted by Gasteiger charge is 2.22. The van der Waals surface area contributed by atoms with Crippen LogP contribution in [-0.4, -0.2) is 15.8 Å². The molecule has 0 aliphatic carbocycles. The van der Waals surface area contributed by atoms with Gasteiger partial charge in [0.15, 0.2) is 0 Å². The number of carbonyl (C=O) groups excluding carboxylic acids is 1. The SMILES string of the molecule is Cc1cnc(CNC(=O)c2cc(F)c([N+](=O)[O-])cc2F)o1. The first-order valence-electron chi connectivity index (χ1n) is 5.71. The molecule has 1 heterocycles. The van der Waals surface area contributed by atoms with Crippen molar-refractivity contribution >= 4 is 11.6 Å². The monoisotopic (exact) mass is 297 g/mol. The van der Waals surface area contributed by atoms with E-state index in [9.17, 15) is 23.7 Å². The van der Waals surface area contributed by atoms with Gasteiger partial charge in [-0.25, -0.2) is 9.37 Å². The second-order valence-corrected chi connectivity index (χ2v) is 4.09. The van der Waals surface area contributed by atoms with Gasteiger partial charge in [-0.05, 0) is 13.0 Å². The van der Waals surface area contributed by atoms with E-state index in [0.29, 0.717) is 17.9 Å². The summed E-state index contributed by atoms with van der Waals surface area (Å²) in [6, 6.07) is 0.836. The lowest BCUT2D eigenvalue weighted by Gasteiger charge is -2.04. The third-order valence-corrected chi connectivity index (χ3v) is 2.55. The average Bonchev–Trinajstić information content (AvgIpc) is 2.83. The van der Waals surface area contributed by atoms with Crippen molar-refractivity contribution in [2.45, 2.75) is 13.5 Å². The van der Waals surface area contributed by atoms with Crippen LogP contribution in [0.3, 0.4) is 0 Å². The molecule has 0 radical (unpaired) electrons. The quantitative estimate of drug-likeness (QED) is 0.688. The highest BCUT2D eigenvalue weighted by Crippen LogP contribution is 2.21. The van der Waals surface area contributed by atoms with Crippen molar-refractivity contribution in [2.24, 2.45) is 0 Å². The largest absolute Gasteiger partial charge is 0.444 e. The van der Waals surface area contributed by atoms with E-state index >= 15 is 0 Å². The highest BCUT2D eigenvalue weighted by atomic mass is 19.1. The van der Waals surface area contributed by atoms with Crippen LogP contribution < -0.4 is 5.32 Å². The Morgan fingerprint density at radius 2 is 2.14 bits per heavy atom. The van der Waals surface area contributed by atoms with E-state index in [-0.39, 0.29) is 12.4 Å². The van der Waals surface area contributed by atoms with Crippen LogP contribution in [0, 0.1) is 28.7 Å². The van der Waals surface area contributed by atoms with E-state index in [1.54, 1.807) is 6.92 Å². The lowest BCUT2D eigenvalue weighted by atomic mass is 10.1. The number of nitrogens with zero attached hydrogens (tertiary/aromatic N) is 2. The minimum atomic E-state index is -1.29. The summed E-state index contributed by atoms with van der Waals surface area (Å²) in [7, 11) is 0. The molecule has 1 aromatic carbocycles. The standard InChI is InChI=1S/C12H9F2N3O4/c1-6-4-15-11(21-6)5-16-12(18)7-2-9(14)10(17(19)20)3-8(7)13/h2-4H,5H2,1H3,(H,16,18). The van der Waals surface area contributed by atoms with E-state index in [2.05, 4.69) is 10.3 Å². The lowest BCUT2D eigenvalue weighted by Crippen LogP contribution is -2.24. The molecular formula is C12H9F2N3O4. The van der Waals surface area contributed by atoms with Crippen LogP contribution in [0.4, 0.5) is 14.5 Å². The van der Waals surface area contributed by atoms with E-state index in [4.69, 9.17) is 4.42 Å². The van der Waals surface area contributed by atoms with Gasteiger partial charge in [-0.1, -0.05) is 0 Å². The Morgan fingerprint density at radius 3 is 2.71 bits per heavy atom. The summed E-state index contributed by atoms with van der Waals surface area (Å²) in [5, 5.41) is 12.7. The molecule has 0 bridgehead atoms. The third-order valence-electron chi connectivity index (χ3n) is 2.55. The highest BCUT2D eigenvalue weighted by molar-refractivity contribution is 5.94. The molecule has 0 spiro atoms. The molecule has 0 saturated heterocycles. The van der Waals surface area contributed by atoms with Gasteiger partial charge in [0.2, 0.25) is 11.7 Å². The minimum Gasteiger partial charge on any atom is -0.444 e. The van der Waals surface area contributed by atoms with Gasteiger partial charge in [-0.2, -0.15) is 4.39 Å². The number of halogens is 2. The van der Waals surface area contributed by atoms with Gasteiger partial charge in [0, 0.05) is 0 Å². The number of oxazole rings is 1. The molecule has 0 unspecified atom stereocenters. The van der Waals surface area contributed by atoms with Crippen molar-refractivity contribution in [1.29, 1.82) is 0 Å². The van der Waals surface area contributed by atoms with Gasteiger partial charge in [-0.15, -0.1) is 0 Å². The fraction of sp³-hybridized carbons (Fsp3) is 0.167. The van der Waals surface area contributed by atoms with Crippen LogP contribution in [0.1, 0.15) is 22.0 Å². The molecule has 0 aliphatic heterocycles. The fourth-order valence-corrected chi connectivity index (χ4v) is 1.58. The van der Waals surface area contributed by atoms with Gasteiger partial charge in [0.05, 0.1) is 29.3 Å². The summed E-state index contributed by atoms with van der Waals surface area (Å²) >= 11 is 0. The summed E-state index contributed by atoms with van der Waals surface area (Å²) < 4.78 is 32.1. The number of nitro benzene ring substituents is 1. The Balaban J connectivity index is 2.15. The second kappa shape index (κ2) is 5.65. The Kier molecular flexibility index (Phi) is 3.92. The number of benzene rings is 1. The van der Waals surface area contributed by atoms with Gasteiger partial charge in [-0.3, -0.25) is 14.9 Å². The lowest BCUT2D eigenvalue weighted by molar-refractivity contribution is -0.387. The van der Waals surface area contributed by atoms with Crippen LogP contribution in [0.5, 0.6) is 0 Å². The van der Waals surface area contributed by atoms with E-state index in [1.807, 2.05) is 0 Å². The van der Waals surface area contributed by atoms with Crippen molar-refractivity contribution in [3.63, 3.8) is 0 Å². The summed E-state index contributed by atoms with van der Waals surface area (Å²) in [4.78, 5) is 24.9. The number of carbonyl (C=O) groups is 1. The maximum absolute atomic E-state index is 13.6. The molecule has 0 aliphatic rings. The predicted octanol–water partition coefficient (Wildman–Crippen LogP) is 2.10. The number of hydrogen-bond donors (Lipinski definition) is 1. The van der Waals surface area contributed by atoms with Crippen molar-refractivity contribution in [3.8, 4) is 0 Å². The van der Waals surface area contributed by atoms with Crippen LogP contribution >= 0.6 is 0 Å². The Labute approximate surface area is 116 Å². The molecule has 2 aromatic rings. The molecule has 110 valence electrons. The zero-order valence-electron chi connectivity index (χ0n) is 10.7. The molecule has 1 amide bonds. The van der Waals surface area contributed by atoms with Crippen LogP contribution in [0.2, 0.25) is 0 Å². The van der Waals surface area contributed by atoms with E-state index < -0.39 is 33.7 Å². The predicted molar refractivity (Wildman–Crippen MR) is 65.4 cm³/mol. The summed E-state index contributed by atoms with van der Waals surface area (Å²) in [6.07, 6.45) is 1.44. The molecular weight excluding hydrogens is 288 g/mol. The van der Waals surface area contributed by atoms with E-state index in [1.165, 1.54) is 6.20 Å². The number of rotatable bonds is 4. The van der Waals surface area contributed by atoms with Crippen LogP contribution in [-0.2, 0) is 6.54 Å². The molecule has 21 heavy (non-hydrogen) atoms. The molecule has 0 saturated carbocycles. The van der Waals surface area contributed by atoms with Crippen LogP contribution in [0.25, 0.3) is 0 Å².